The van der Waals surface area contributed by atoms with Crippen LogP contribution in [0.2, 0.25) is 0 Å². The Morgan fingerprint density at radius 2 is 2.07 bits per heavy atom. The summed E-state index contributed by atoms with van der Waals surface area (Å²) >= 11 is 0. The van der Waals surface area contributed by atoms with Gasteiger partial charge in [0.05, 0.1) is 6.54 Å². The van der Waals surface area contributed by atoms with E-state index in [0.29, 0.717) is 18.7 Å². The summed E-state index contributed by atoms with van der Waals surface area (Å²) in [6.45, 7) is 4.83. The van der Waals surface area contributed by atoms with Crippen molar-refractivity contribution in [2.24, 2.45) is 0 Å². The summed E-state index contributed by atoms with van der Waals surface area (Å²) in [5.41, 5.74) is 0.571. The first kappa shape index (κ1) is 17.6. The second kappa shape index (κ2) is 7.42. The third-order valence-electron chi connectivity index (χ3n) is 5.27. The second-order valence-corrected chi connectivity index (χ2v) is 7.16. The number of amides is 1. The Balaban J connectivity index is 1.46. The Kier molecular flexibility index (Phi) is 4.83. The number of anilines is 1. The van der Waals surface area contributed by atoms with Gasteiger partial charge < -0.3 is 19.5 Å². The topological polar surface area (TPSA) is 78.5 Å². The van der Waals surface area contributed by atoms with Crippen LogP contribution >= 0.6 is 0 Å². The molecule has 2 aliphatic rings. The number of ether oxygens (including phenoxy) is 1. The Morgan fingerprint density at radius 1 is 1.26 bits per heavy atom. The molecular formula is C20H24N4O3. The number of nitrogens with one attached hydrogen (secondary N) is 1. The molecule has 7 nitrogen and oxygen atoms in total. The molecule has 7 heteroatoms. The predicted octanol–water partition coefficient (Wildman–Crippen LogP) is 1.97. The zero-order valence-electron chi connectivity index (χ0n) is 15.5. The Labute approximate surface area is 158 Å². The van der Waals surface area contributed by atoms with Crippen molar-refractivity contribution in [1.82, 2.24) is 14.9 Å². The number of aryl methyl sites for hydroxylation is 1. The average molecular weight is 368 g/mol. The Morgan fingerprint density at radius 3 is 2.85 bits per heavy atom. The molecule has 2 fully saturated rings. The van der Waals surface area contributed by atoms with Gasteiger partial charge in [0.25, 0.3) is 11.5 Å². The van der Waals surface area contributed by atoms with E-state index < -0.39 is 0 Å². The van der Waals surface area contributed by atoms with Gasteiger partial charge in [0, 0.05) is 38.4 Å². The van der Waals surface area contributed by atoms with Gasteiger partial charge in [-0.3, -0.25) is 9.59 Å². The van der Waals surface area contributed by atoms with Crippen LogP contribution in [0.5, 0.6) is 5.75 Å². The van der Waals surface area contributed by atoms with Crippen LogP contribution in [0.25, 0.3) is 0 Å². The van der Waals surface area contributed by atoms with Gasteiger partial charge >= 0.3 is 0 Å². The maximum Gasteiger partial charge on any atom is 0.261 e. The fraction of sp³-hybridized carbons (Fsp3) is 0.450. The molecule has 1 amide bonds. The predicted molar refractivity (Wildman–Crippen MR) is 102 cm³/mol. The lowest BCUT2D eigenvalue weighted by Crippen LogP contribution is -2.35. The van der Waals surface area contributed by atoms with Crippen molar-refractivity contribution in [2.45, 2.75) is 32.3 Å². The number of carbonyl (C=O) groups excluding carboxylic acids is 1. The molecule has 2 aromatic rings. The summed E-state index contributed by atoms with van der Waals surface area (Å²) in [7, 11) is 0. The lowest BCUT2D eigenvalue weighted by Gasteiger charge is -2.22. The monoisotopic (exact) mass is 368 g/mol. The zero-order valence-corrected chi connectivity index (χ0v) is 15.5. The molecule has 142 valence electrons. The molecule has 2 aromatic heterocycles. The molecule has 1 N–H and O–H groups in total. The van der Waals surface area contributed by atoms with Crippen LogP contribution in [0.4, 0.5) is 5.82 Å². The molecule has 0 aromatic carbocycles. The molecule has 0 saturated carbocycles. The Hall–Kier alpha value is -2.83. The molecule has 2 aliphatic heterocycles. The third-order valence-corrected chi connectivity index (χ3v) is 5.27. The van der Waals surface area contributed by atoms with Crippen LogP contribution in [0.1, 0.15) is 35.2 Å². The van der Waals surface area contributed by atoms with Gasteiger partial charge in [0.2, 0.25) is 0 Å². The summed E-state index contributed by atoms with van der Waals surface area (Å²) in [5.74, 6) is 1.42. The minimum absolute atomic E-state index is 0.0948. The van der Waals surface area contributed by atoms with Gasteiger partial charge in [-0.05, 0) is 43.5 Å². The molecule has 2 saturated heterocycles. The highest BCUT2D eigenvalue weighted by Gasteiger charge is 2.31. The van der Waals surface area contributed by atoms with Crippen molar-refractivity contribution in [3.05, 3.63) is 52.1 Å². The number of likely N-dealkylation sites (tertiary alicyclic amines) is 1. The third kappa shape index (κ3) is 3.54. The van der Waals surface area contributed by atoms with Crippen LogP contribution in [0.3, 0.4) is 0 Å². The minimum Gasteiger partial charge on any atom is -0.485 e. The molecule has 1 unspecified atom stereocenters. The lowest BCUT2D eigenvalue weighted by atomic mass is 10.1. The van der Waals surface area contributed by atoms with Crippen LogP contribution in [-0.2, 0) is 0 Å². The van der Waals surface area contributed by atoms with E-state index >= 15 is 0 Å². The van der Waals surface area contributed by atoms with E-state index in [9.17, 15) is 9.59 Å². The second-order valence-electron chi connectivity index (χ2n) is 7.16. The van der Waals surface area contributed by atoms with Crippen LogP contribution in [-0.4, -0.2) is 53.1 Å². The van der Waals surface area contributed by atoms with E-state index in [2.05, 4.69) is 14.9 Å². The zero-order chi connectivity index (χ0) is 18.8. The highest BCUT2D eigenvalue weighted by Crippen LogP contribution is 2.30. The summed E-state index contributed by atoms with van der Waals surface area (Å²) in [5, 5.41) is 0. The number of carbonyl (C=O) groups is 1. The van der Waals surface area contributed by atoms with Crippen molar-refractivity contribution in [1.29, 1.82) is 0 Å². The fourth-order valence-electron chi connectivity index (χ4n) is 3.83. The van der Waals surface area contributed by atoms with Crippen molar-refractivity contribution in [3.8, 4) is 5.75 Å². The summed E-state index contributed by atoms with van der Waals surface area (Å²) in [6.07, 6.45) is 6.34. The molecular weight excluding hydrogens is 344 g/mol. The van der Waals surface area contributed by atoms with Crippen molar-refractivity contribution in [3.63, 3.8) is 0 Å². The normalized spacial score (nSPS) is 19.5. The van der Waals surface area contributed by atoms with Crippen molar-refractivity contribution < 1.29 is 9.53 Å². The van der Waals surface area contributed by atoms with E-state index in [4.69, 9.17) is 4.74 Å². The summed E-state index contributed by atoms with van der Waals surface area (Å²) in [4.78, 5) is 35.9. The summed E-state index contributed by atoms with van der Waals surface area (Å²) < 4.78 is 6.21. The molecule has 0 bridgehead atoms. The number of hydrogen-bond acceptors (Lipinski definition) is 5. The van der Waals surface area contributed by atoms with Gasteiger partial charge in [0.15, 0.2) is 11.6 Å². The van der Waals surface area contributed by atoms with Gasteiger partial charge in [-0.15, -0.1) is 0 Å². The van der Waals surface area contributed by atoms with E-state index in [-0.39, 0.29) is 23.1 Å². The van der Waals surface area contributed by atoms with Gasteiger partial charge in [0.1, 0.15) is 11.7 Å². The lowest BCUT2D eigenvalue weighted by molar-refractivity contribution is 0.0770. The largest absolute Gasteiger partial charge is 0.485 e. The Bertz CT molecular complexity index is 889. The molecule has 4 heterocycles. The maximum atomic E-state index is 12.8. The first-order valence-electron chi connectivity index (χ1n) is 9.47. The van der Waals surface area contributed by atoms with Crippen LogP contribution in [0.15, 0.2) is 35.4 Å². The standard InChI is InChI=1S/C20H24N4O3/c1-14-6-9-22-19(25)17(14)20(26)24-12-7-15(13-24)27-16-5-4-8-21-18(16)23-10-2-3-11-23/h4-6,8-9,15H,2-3,7,10-13H2,1H3,(H,22,25). The van der Waals surface area contributed by atoms with Gasteiger partial charge in [-0.25, -0.2) is 4.98 Å². The fourth-order valence-corrected chi connectivity index (χ4v) is 3.83. The van der Waals surface area contributed by atoms with Crippen molar-refractivity contribution in [2.75, 3.05) is 31.1 Å². The van der Waals surface area contributed by atoms with Gasteiger partial charge in [-0.1, -0.05) is 0 Å². The quantitative estimate of drug-likeness (QED) is 0.893. The number of hydrogen-bond donors (Lipinski definition) is 1. The maximum absolute atomic E-state index is 12.8. The molecule has 0 spiro atoms. The van der Waals surface area contributed by atoms with Crippen molar-refractivity contribution >= 4 is 11.7 Å². The van der Waals surface area contributed by atoms with E-state index in [1.54, 1.807) is 30.3 Å². The molecule has 0 aliphatic carbocycles. The SMILES string of the molecule is Cc1cc[nH]c(=O)c1C(=O)N1CCC(Oc2cccnc2N2CCCC2)C1. The average Bonchev–Trinajstić information content (AvgIpc) is 3.34. The number of pyridine rings is 2. The smallest absolute Gasteiger partial charge is 0.261 e. The number of aromatic nitrogens is 2. The summed E-state index contributed by atoms with van der Waals surface area (Å²) in [6, 6.07) is 5.56. The van der Waals surface area contributed by atoms with E-state index in [1.807, 2.05) is 12.1 Å². The minimum atomic E-state index is -0.340. The van der Waals surface area contributed by atoms with Crippen LogP contribution < -0.4 is 15.2 Å². The number of aromatic amines is 1. The molecule has 27 heavy (non-hydrogen) atoms. The van der Waals surface area contributed by atoms with E-state index in [0.717, 1.165) is 31.1 Å². The first-order chi connectivity index (χ1) is 13.1. The highest BCUT2D eigenvalue weighted by molar-refractivity contribution is 5.95. The number of rotatable bonds is 4. The van der Waals surface area contributed by atoms with E-state index in [1.165, 1.54) is 12.8 Å². The first-order valence-corrected chi connectivity index (χ1v) is 9.47. The molecule has 4 rings (SSSR count). The number of H-pyrrole nitrogens is 1. The molecule has 1 atom stereocenters. The van der Waals surface area contributed by atoms with Gasteiger partial charge in [-0.2, -0.15) is 0 Å². The molecule has 0 radical (unpaired) electrons. The van der Waals surface area contributed by atoms with Crippen LogP contribution in [0, 0.1) is 6.92 Å². The number of nitrogens with zero attached hydrogens (tertiary/aromatic N) is 3. The highest BCUT2D eigenvalue weighted by atomic mass is 16.5.